The average Bonchev–Trinajstić information content (AvgIpc) is 3.58. The predicted octanol–water partition coefficient (Wildman–Crippen LogP) is 4.02. The second-order valence-electron chi connectivity index (χ2n) is 8.57. The predicted molar refractivity (Wildman–Crippen MR) is 131 cm³/mol. The first-order chi connectivity index (χ1) is 16.0. The van der Waals surface area contributed by atoms with E-state index in [1.807, 2.05) is 30.3 Å². The molecule has 33 heavy (non-hydrogen) atoms. The van der Waals surface area contributed by atoms with E-state index in [0.29, 0.717) is 40.1 Å². The van der Waals surface area contributed by atoms with E-state index in [-0.39, 0.29) is 0 Å². The van der Waals surface area contributed by atoms with Crippen LogP contribution in [0.15, 0.2) is 46.5 Å². The summed E-state index contributed by atoms with van der Waals surface area (Å²) >= 11 is 7.47. The van der Waals surface area contributed by atoms with Gasteiger partial charge >= 0.3 is 0 Å². The van der Waals surface area contributed by atoms with Crippen LogP contribution in [0.1, 0.15) is 18.4 Å². The van der Waals surface area contributed by atoms with Gasteiger partial charge in [-0.1, -0.05) is 23.7 Å². The van der Waals surface area contributed by atoms with Crippen molar-refractivity contribution in [3.63, 3.8) is 0 Å². The summed E-state index contributed by atoms with van der Waals surface area (Å²) in [4.78, 5) is 27.2. The molecular formula is C23H26ClN7OS. The van der Waals surface area contributed by atoms with E-state index in [1.165, 1.54) is 11.8 Å². The quantitative estimate of drug-likeness (QED) is 0.464. The van der Waals surface area contributed by atoms with Crippen molar-refractivity contribution in [1.82, 2.24) is 25.1 Å². The molecular weight excluding hydrogens is 458 g/mol. The Labute approximate surface area is 202 Å². The number of nitrogens with one attached hydrogen (secondary N) is 2. The minimum atomic E-state index is 0.292. The lowest BCUT2D eigenvalue weighted by Crippen LogP contribution is -2.44. The number of hydrogen-bond acceptors (Lipinski definition) is 8. The van der Waals surface area contributed by atoms with E-state index in [0.717, 1.165) is 55.3 Å². The highest BCUT2D eigenvalue weighted by Crippen LogP contribution is 2.32. The fourth-order valence-corrected chi connectivity index (χ4v) is 4.66. The number of H-pyrrole nitrogens is 1. The fourth-order valence-electron chi connectivity index (χ4n) is 3.75. The summed E-state index contributed by atoms with van der Waals surface area (Å²) in [6.07, 6.45) is 2.62. The maximum Gasteiger partial charge on any atom is 0.196 e. The number of Topliss-reactive ketones (excluding diaryl/α,β-unsaturated/α-hetero) is 1. The molecule has 1 saturated carbocycles. The molecule has 0 bridgehead atoms. The van der Waals surface area contributed by atoms with Crippen LogP contribution < -0.4 is 10.2 Å². The Kier molecular flexibility index (Phi) is 6.52. The number of piperazine rings is 1. The smallest absolute Gasteiger partial charge is 0.196 e. The Bertz CT molecular complexity index is 1120. The maximum atomic E-state index is 12.1. The molecule has 1 aliphatic carbocycles. The SMILES string of the molecule is CN1CCN(c2cc(Nc3cc(Cl)[nH]n3)nc(Sc3ccc(CC(=O)C4CC4)cc3)n2)CC1. The standard InChI is InChI=1S/C23H26ClN7OS/c1-30-8-10-31(11-9-30)22-14-20(25-21-13-19(24)28-29-21)26-23(27-22)33-17-6-2-15(3-7-17)12-18(32)16-4-5-16/h2-3,6-7,13-14,16H,4-5,8-12H2,1H3,(H2,25,26,27,28,29). The molecule has 1 aliphatic heterocycles. The van der Waals surface area contributed by atoms with Gasteiger partial charge in [0.1, 0.15) is 22.6 Å². The zero-order valence-corrected chi connectivity index (χ0v) is 20.0. The van der Waals surface area contributed by atoms with E-state index >= 15 is 0 Å². The van der Waals surface area contributed by atoms with E-state index in [9.17, 15) is 4.79 Å². The van der Waals surface area contributed by atoms with Crippen molar-refractivity contribution in [2.45, 2.75) is 29.3 Å². The molecule has 0 spiro atoms. The molecule has 3 aromatic rings. The summed E-state index contributed by atoms with van der Waals surface area (Å²) in [7, 11) is 2.13. The van der Waals surface area contributed by atoms with Crippen LogP contribution in [0.5, 0.6) is 0 Å². The number of benzene rings is 1. The number of rotatable bonds is 8. The van der Waals surface area contributed by atoms with Gasteiger partial charge in [-0.2, -0.15) is 5.10 Å². The average molecular weight is 484 g/mol. The molecule has 0 unspecified atom stereocenters. The number of hydrogen-bond donors (Lipinski definition) is 2. The zero-order chi connectivity index (χ0) is 22.8. The van der Waals surface area contributed by atoms with E-state index in [2.05, 4.69) is 32.4 Å². The van der Waals surface area contributed by atoms with Crippen LogP contribution in [0.2, 0.25) is 5.15 Å². The van der Waals surface area contributed by atoms with Crippen molar-refractivity contribution in [3.05, 3.63) is 47.1 Å². The third-order valence-corrected chi connectivity index (χ3v) is 6.93. The third-order valence-electron chi connectivity index (χ3n) is 5.87. The lowest BCUT2D eigenvalue weighted by Gasteiger charge is -2.33. The highest BCUT2D eigenvalue weighted by Gasteiger charge is 2.29. The molecule has 5 rings (SSSR count). The summed E-state index contributed by atoms with van der Waals surface area (Å²) in [5.41, 5.74) is 1.06. The molecule has 2 aromatic heterocycles. The van der Waals surface area contributed by atoms with Gasteiger partial charge in [-0.3, -0.25) is 9.89 Å². The van der Waals surface area contributed by atoms with E-state index in [4.69, 9.17) is 21.6 Å². The molecule has 2 aliphatic rings. The number of likely N-dealkylation sites (N-methyl/N-ethyl adjacent to an activating group) is 1. The number of carbonyl (C=O) groups is 1. The summed E-state index contributed by atoms with van der Waals surface area (Å²) in [6, 6.07) is 11.8. The van der Waals surface area contributed by atoms with Gasteiger partial charge in [0, 0.05) is 55.5 Å². The van der Waals surface area contributed by atoms with Gasteiger partial charge in [-0.25, -0.2) is 9.97 Å². The largest absolute Gasteiger partial charge is 0.354 e. The van der Waals surface area contributed by atoms with Gasteiger partial charge in [-0.05, 0) is 49.3 Å². The number of nitrogens with zero attached hydrogens (tertiary/aromatic N) is 5. The second-order valence-corrected chi connectivity index (χ2v) is 10.0. The Hall–Kier alpha value is -2.62. The molecule has 1 saturated heterocycles. The summed E-state index contributed by atoms with van der Waals surface area (Å²) in [5.74, 6) is 2.80. The number of ketones is 1. The molecule has 172 valence electrons. The van der Waals surface area contributed by atoms with Gasteiger partial charge in [0.25, 0.3) is 0 Å². The van der Waals surface area contributed by atoms with Crippen molar-refractivity contribution in [2.24, 2.45) is 5.92 Å². The second kappa shape index (κ2) is 9.70. The summed E-state index contributed by atoms with van der Waals surface area (Å²) in [6.45, 7) is 3.81. The zero-order valence-electron chi connectivity index (χ0n) is 18.4. The topological polar surface area (TPSA) is 90.0 Å². The van der Waals surface area contributed by atoms with Crippen molar-refractivity contribution in [1.29, 1.82) is 0 Å². The monoisotopic (exact) mass is 483 g/mol. The van der Waals surface area contributed by atoms with Crippen LogP contribution >= 0.6 is 23.4 Å². The Morgan fingerprint density at radius 1 is 1.12 bits per heavy atom. The Morgan fingerprint density at radius 2 is 1.88 bits per heavy atom. The van der Waals surface area contributed by atoms with Crippen molar-refractivity contribution in [2.75, 3.05) is 43.4 Å². The van der Waals surface area contributed by atoms with Crippen LogP contribution in [0.25, 0.3) is 0 Å². The fraction of sp³-hybridized carbons (Fsp3) is 0.391. The van der Waals surface area contributed by atoms with E-state index in [1.54, 1.807) is 6.07 Å². The van der Waals surface area contributed by atoms with Gasteiger partial charge in [0.05, 0.1) is 0 Å². The van der Waals surface area contributed by atoms with Crippen molar-refractivity contribution >= 4 is 46.6 Å². The molecule has 2 N–H and O–H groups in total. The first-order valence-electron chi connectivity index (χ1n) is 11.1. The summed E-state index contributed by atoms with van der Waals surface area (Å²) < 4.78 is 0. The van der Waals surface area contributed by atoms with Crippen LogP contribution in [-0.2, 0) is 11.2 Å². The maximum absolute atomic E-state index is 12.1. The molecule has 0 radical (unpaired) electrons. The molecule has 0 atom stereocenters. The summed E-state index contributed by atoms with van der Waals surface area (Å²) in [5, 5.41) is 11.2. The Balaban J connectivity index is 1.35. The number of carbonyl (C=O) groups excluding carboxylic acids is 1. The van der Waals surface area contributed by atoms with Crippen LogP contribution in [-0.4, -0.2) is 64.1 Å². The van der Waals surface area contributed by atoms with Crippen LogP contribution in [0.3, 0.4) is 0 Å². The molecule has 0 amide bonds. The van der Waals surface area contributed by atoms with Crippen molar-refractivity contribution < 1.29 is 4.79 Å². The molecule has 8 nitrogen and oxygen atoms in total. The van der Waals surface area contributed by atoms with Gasteiger partial charge in [0.15, 0.2) is 11.0 Å². The van der Waals surface area contributed by atoms with Crippen LogP contribution in [0, 0.1) is 5.92 Å². The minimum Gasteiger partial charge on any atom is -0.354 e. The normalized spacial score (nSPS) is 16.7. The highest BCUT2D eigenvalue weighted by atomic mass is 35.5. The number of anilines is 3. The van der Waals surface area contributed by atoms with Crippen LogP contribution in [0.4, 0.5) is 17.5 Å². The molecule has 3 heterocycles. The highest BCUT2D eigenvalue weighted by molar-refractivity contribution is 7.99. The van der Waals surface area contributed by atoms with Gasteiger partial charge in [0.2, 0.25) is 0 Å². The lowest BCUT2D eigenvalue weighted by atomic mass is 10.1. The van der Waals surface area contributed by atoms with E-state index < -0.39 is 0 Å². The third kappa shape index (κ3) is 5.85. The number of aromatic nitrogens is 4. The number of halogens is 1. The number of aromatic amines is 1. The minimum absolute atomic E-state index is 0.292. The Morgan fingerprint density at radius 3 is 2.55 bits per heavy atom. The molecule has 2 fully saturated rings. The molecule has 10 heteroatoms. The van der Waals surface area contributed by atoms with Crippen molar-refractivity contribution in [3.8, 4) is 0 Å². The first-order valence-corrected chi connectivity index (χ1v) is 12.3. The van der Waals surface area contributed by atoms with Gasteiger partial charge in [-0.15, -0.1) is 0 Å². The lowest BCUT2D eigenvalue weighted by molar-refractivity contribution is -0.119. The first kappa shape index (κ1) is 22.2. The molecule has 1 aromatic carbocycles. The van der Waals surface area contributed by atoms with Gasteiger partial charge < -0.3 is 15.1 Å².